The van der Waals surface area contributed by atoms with Crippen LogP contribution in [-0.4, -0.2) is 51.4 Å². The molecular weight excluding hydrogens is 456 g/mol. The molecule has 9 heteroatoms. The van der Waals surface area contributed by atoms with Crippen molar-refractivity contribution in [3.8, 4) is 5.75 Å². The molecule has 1 amide bonds. The summed E-state index contributed by atoms with van der Waals surface area (Å²) in [5, 5.41) is 2.84. The summed E-state index contributed by atoms with van der Waals surface area (Å²) in [5.41, 5.74) is 1.69. The summed E-state index contributed by atoms with van der Waals surface area (Å²) in [4.78, 5) is 25.1. The molecule has 0 saturated carbocycles. The van der Waals surface area contributed by atoms with Crippen LogP contribution in [-0.2, 0) is 19.6 Å². The molecule has 0 spiro atoms. The highest BCUT2D eigenvalue weighted by Crippen LogP contribution is 2.28. The summed E-state index contributed by atoms with van der Waals surface area (Å²) in [5.74, 6) is -0.492. The Morgan fingerprint density at radius 2 is 1.88 bits per heavy atom. The molecule has 3 rings (SSSR count). The highest BCUT2D eigenvalue weighted by Gasteiger charge is 2.33. The van der Waals surface area contributed by atoms with Crippen molar-refractivity contribution >= 4 is 27.6 Å². The summed E-state index contributed by atoms with van der Waals surface area (Å²) in [6.07, 6.45) is 2.94. The number of ether oxygens (including phenoxy) is 2. The fourth-order valence-electron chi connectivity index (χ4n) is 3.86. The largest absolute Gasteiger partial charge is 0.496 e. The SMILES string of the molecule is CCCCOC(=O)c1ccc(NC(=O)[C@@H]2CCCN(S(=O)(=O)c3ccc(OC)c(C)c3)C2)cc1. The van der Waals surface area contributed by atoms with Gasteiger partial charge in [0, 0.05) is 18.8 Å². The fourth-order valence-corrected chi connectivity index (χ4v) is 5.47. The topological polar surface area (TPSA) is 102 Å². The lowest BCUT2D eigenvalue weighted by Crippen LogP contribution is -2.43. The van der Waals surface area contributed by atoms with Crippen LogP contribution in [0.3, 0.4) is 0 Å². The molecule has 1 saturated heterocycles. The van der Waals surface area contributed by atoms with Crippen molar-refractivity contribution in [3.05, 3.63) is 53.6 Å². The Morgan fingerprint density at radius 1 is 1.15 bits per heavy atom. The molecule has 0 aromatic heterocycles. The fraction of sp³-hybridized carbons (Fsp3) is 0.440. The number of esters is 1. The number of benzene rings is 2. The van der Waals surface area contributed by atoms with Crippen molar-refractivity contribution in [2.45, 2.75) is 44.4 Å². The number of methoxy groups -OCH3 is 1. The van der Waals surface area contributed by atoms with Gasteiger partial charge in [0.25, 0.3) is 0 Å². The first kappa shape index (κ1) is 25.7. The van der Waals surface area contributed by atoms with Crippen LogP contribution >= 0.6 is 0 Å². The second-order valence-electron chi connectivity index (χ2n) is 8.39. The van der Waals surface area contributed by atoms with Crippen molar-refractivity contribution in [1.82, 2.24) is 4.31 Å². The van der Waals surface area contributed by atoms with Gasteiger partial charge in [-0.1, -0.05) is 13.3 Å². The zero-order valence-electron chi connectivity index (χ0n) is 19.9. The minimum Gasteiger partial charge on any atom is -0.496 e. The van der Waals surface area contributed by atoms with Crippen molar-refractivity contribution in [3.63, 3.8) is 0 Å². The van der Waals surface area contributed by atoms with Crippen molar-refractivity contribution in [1.29, 1.82) is 0 Å². The van der Waals surface area contributed by atoms with E-state index >= 15 is 0 Å². The molecule has 2 aromatic rings. The highest BCUT2D eigenvalue weighted by atomic mass is 32.2. The van der Waals surface area contributed by atoms with E-state index in [0.29, 0.717) is 43.0 Å². The van der Waals surface area contributed by atoms with E-state index in [2.05, 4.69) is 5.32 Å². The third kappa shape index (κ3) is 6.15. The minimum atomic E-state index is -3.73. The lowest BCUT2D eigenvalue weighted by atomic mass is 9.98. The summed E-state index contributed by atoms with van der Waals surface area (Å²) < 4.78 is 38.1. The number of hydrogen-bond donors (Lipinski definition) is 1. The van der Waals surface area contributed by atoms with Gasteiger partial charge in [0.2, 0.25) is 15.9 Å². The van der Waals surface area contributed by atoms with Crippen molar-refractivity contribution in [2.24, 2.45) is 5.92 Å². The lowest BCUT2D eigenvalue weighted by molar-refractivity contribution is -0.120. The predicted molar refractivity (Wildman–Crippen MR) is 129 cm³/mol. The monoisotopic (exact) mass is 488 g/mol. The van der Waals surface area contributed by atoms with Gasteiger partial charge in [0.15, 0.2) is 0 Å². The number of carbonyl (C=O) groups excluding carboxylic acids is 2. The Kier molecular flexibility index (Phi) is 8.68. The Labute approximate surface area is 201 Å². The molecule has 184 valence electrons. The number of nitrogens with one attached hydrogen (secondary N) is 1. The molecule has 1 aliphatic rings. The van der Waals surface area contributed by atoms with Gasteiger partial charge in [-0.2, -0.15) is 4.31 Å². The Hall–Kier alpha value is -2.91. The molecule has 0 unspecified atom stereocenters. The third-order valence-electron chi connectivity index (χ3n) is 5.88. The van der Waals surface area contributed by atoms with Crippen LogP contribution in [0.2, 0.25) is 0 Å². The number of anilines is 1. The molecule has 2 aromatic carbocycles. The average molecular weight is 489 g/mol. The van der Waals surface area contributed by atoms with Crippen LogP contribution in [0.15, 0.2) is 47.4 Å². The molecule has 0 aliphatic carbocycles. The van der Waals surface area contributed by atoms with Crippen LogP contribution in [0.4, 0.5) is 5.69 Å². The van der Waals surface area contributed by atoms with Gasteiger partial charge < -0.3 is 14.8 Å². The van der Waals surface area contributed by atoms with Gasteiger partial charge in [-0.15, -0.1) is 0 Å². The Bertz CT molecular complexity index is 1110. The maximum absolute atomic E-state index is 13.2. The Morgan fingerprint density at radius 3 is 2.53 bits per heavy atom. The molecular formula is C25H32N2O6S. The van der Waals surface area contributed by atoms with Gasteiger partial charge in [-0.25, -0.2) is 13.2 Å². The van der Waals surface area contributed by atoms with Gasteiger partial charge >= 0.3 is 5.97 Å². The minimum absolute atomic E-state index is 0.112. The molecule has 1 heterocycles. The van der Waals surface area contributed by atoms with E-state index in [1.165, 1.54) is 17.5 Å². The van der Waals surface area contributed by atoms with Gasteiger partial charge in [0.1, 0.15) is 5.75 Å². The molecule has 0 radical (unpaired) electrons. The van der Waals surface area contributed by atoms with E-state index in [4.69, 9.17) is 9.47 Å². The van der Waals surface area contributed by atoms with Crippen LogP contribution < -0.4 is 10.1 Å². The van der Waals surface area contributed by atoms with Crippen molar-refractivity contribution in [2.75, 3.05) is 32.1 Å². The number of piperidine rings is 1. The normalized spacial score (nSPS) is 16.6. The molecule has 8 nitrogen and oxygen atoms in total. The van der Waals surface area contributed by atoms with E-state index in [9.17, 15) is 18.0 Å². The van der Waals surface area contributed by atoms with Crippen LogP contribution in [0, 0.1) is 12.8 Å². The number of rotatable bonds is 9. The van der Waals surface area contributed by atoms with E-state index in [-0.39, 0.29) is 17.3 Å². The zero-order valence-corrected chi connectivity index (χ0v) is 20.7. The number of aryl methyl sites for hydroxylation is 1. The van der Waals surface area contributed by atoms with Gasteiger partial charge in [0.05, 0.1) is 30.1 Å². The van der Waals surface area contributed by atoms with Crippen LogP contribution in [0.1, 0.15) is 48.5 Å². The first-order chi connectivity index (χ1) is 16.3. The summed E-state index contributed by atoms with van der Waals surface area (Å²) in [6.45, 7) is 4.67. The first-order valence-electron chi connectivity index (χ1n) is 11.5. The third-order valence-corrected chi connectivity index (χ3v) is 7.74. The van der Waals surface area contributed by atoms with Gasteiger partial charge in [-0.3, -0.25) is 4.79 Å². The molecule has 1 fully saturated rings. The molecule has 1 atom stereocenters. The lowest BCUT2D eigenvalue weighted by Gasteiger charge is -2.31. The molecule has 1 N–H and O–H groups in total. The van der Waals surface area contributed by atoms with Gasteiger partial charge in [-0.05, 0) is 74.2 Å². The van der Waals surface area contributed by atoms with Crippen LogP contribution in [0.25, 0.3) is 0 Å². The summed E-state index contributed by atoms with van der Waals surface area (Å²) in [6, 6.07) is 11.3. The zero-order chi connectivity index (χ0) is 24.7. The number of amides is 1. The maximum Gasteiger partial charge on any atom is 0.338 e. The smallest absolute Gasteiger partial charge is 0.338 e. The first-order valence-corrected chi connectivity index (χ1v) is 12.9. The molecule has 1 aliphatic heterocycles. The van der Waals surface area contributed by atoms with Crippen LogP contribution in [0.5, 0.6) is 5.75 Å². The molecule has 34 heavy (non-hydrogen) atoms. The average Bonchev–Trinajstić information content (AvgIpc) is 2.84. The van der Waals surface area contributed by atoms with E-state index in [0.717, 1.165) is 18.4 Å². The maximum atomic E-state index is 13.2. The van der Waals surface area contributed by atoms with E-state index in [1.54, 1.807) is 43.3 Å². The Balaban J connectivity index is 1.63. The van der Waals surface area contributed by atoms with E-state index in [1.807, 2.05) is 6.92 Å². The second-order valence-corrected chi connectivity index (χ2v) is 10.3. The highest BCUT2D eigenvalue weighted by molar-refractivity contribution is 7.89. The number of nitrogens with zero attached hydrogens (tertiary/aromatic N) is 1. The van der Waals surface area contributed by atoms with E-state index < -0.39 is 21.9 Å². The number of unbranched alkanes of at least 4 members (excludes halogenated alkanes) is 1. The summed E-state index contributed by atoms with van der Waals surface area (Å²) >= 11 is 0. The quantitative estimate of drug-likeness (QED) is 0.423. The summed E-state index contributed by atoms with van der Waals surface area (Å²) in [7, 11) is -2.19. The van der Waals surface area contributed by atoms with Crippen molar-refractivity contribution < 1.29 is 27.5 Å². The second kappa shape index (κ2) is 11.5. The standard InChI is InChI=1S/C25H32N2O6S/c1-4-5-15-33-25(29)19-8-10-21(11-9-19)26-24(28)20-7-6-14-27(17-20)34(30,31)22-12-13-23(32-3)18(2)16-22/h8-13,16,20H,4-7,14-15,17H2,1-3H3,(H,26,28)/t20-/m1/s1. The number of hydrogen-bond acceptors (Lipinski definition) is 6. The molecule has 0 bridgehead atoms. The number of sulfonamides is 1. The predicted octanol–water partition coefficient (Wildman–Crippen LogP) is 4.00. The number of carbonyl (C=O) groups is 2.